The molecule has 1 unspecified atom stereocenters. The van der Waals surface area contributed by atoms with Gasteiger partial charge in [-0.2, -0.15) is 0 Å². The van der Waals surface area contributed by atoms with E-state index in [1.807, 2.05) is 6.92 Å². The lowest BCUT2D eigenvalue weighted by Gasteiger charge is -2.27. The molecule has 1 atom stereocenters. The summed E-state index contributed by atoms with van der Waals surface area (Å²) in [7, 11) is 0. The van der Waals surface area contributed by atoms with E-state index in [-0.39, 0.29) is 11.3 Å². The zero-order valence-corrected chi connectivity index (χ0v) is 20.1. The van der Waals surface area contributed by atoms with Gasteiger partial charge in [-0.15, -0.1) is 0 Å². The third kappa shape index (κ3) is 5.57. The molecule has 0 spiro atoms. The lowest BCUT2D eigenvalue weighted by Crippen LogP contribution is -2.33. The van der Waals surface area contributed by atoms with Crippen LogP contribution in [0.3, 0.4) is 0 Å². The lowest BCUT2D eigenvalue weighted by atomic mass is 9.95. The van der Waals surface area contributed by atoms with Crippen molar-refractivity contribution in [1.82, 2.24) is 9.80 Å². The minimum Gasteiger partial charge on any atom is -0.507 e. The molecule has 0 aliphatic carbocycles. The summed E-state index contributed by atoms with van der Waals surface area (Å²) in [6.07, 6.45) is 0.721. The predicted octanol–water partition coefficient (Wildman–Crippen LogP) is 4.89. The molecule has 0 radical (unpaired) electrons. The molecule has 1 heterocycles. The number of carbonyl (C=O) groups excluding carboxylic acids is 2. The van der Waals surface area contributed by atoms with Crippen molar-refractivity contribution in [3.05, 3.63) is 70.3 Å². The molecular weight excluding hydrogens is 440 g/mol. The molecule has 1 amide bonds. The highest BCUT2D eigenvalue weighted by Crippen LogP contribution is 2.40. The van der Waals surface area contributed by atoms with Gasteiger partial charge in [-0.3, -0.25) is 9.59 Å². The number of amides is 1. The summed E-state index contributed by atoms with van der Waals surface area (Å²) >= 11 is 6.08. The summed E-state index contributed by atoms with van der Waals surface area (Å²) in [5, 5.41) is 11.7. The Hall–Kier alpha value is -2.83. The molecule has 33 heavy (non-hydrogen) atoms. The highest BCUT2D eigenvalue weighted by Gasteiger charge is 2.45. The van der Waals surface area contributed by atoms with Gasteiger partial charge in [0.1, 0.15) is 11.5 Å². The van der Waals surface area contributed by atoms with Crippen molar-refractivity contribution in [2.45, 2.75) is 33.2 Å². The van der Waals surface area contributed by atoms with Crippen molar-refractivity contribution in [3.8, 4) is 5.75 Å². The molecule has 0 bridgehead atoms. The Kier molecular flexibility index (Phi) is 8.53. The van der Waals surface area contributed by atoms with Gasteiger partial charge in [-0.25, -0.2) is 0 Å². The first kappa shape index (κ1) is 24.8. The average molecular weight is 471 g/mol. The quantitative estimate of drug-likeness (QED) is 0.304. The maximum absolute atomic E-state index is 13.1. The van der Waals surface area contributed by atoms with Gasteiger partial charge in [-0.05, 0) is 62.8 Å². The molecule has 1 saturated heterocycles. The highest BCUT2D eigenvalue weighted by atomic mass is 35.5. The second-order valence-electron chi connectivity index (χ2n) is 7.89. The number of benzene rings is 2. The van der Waals surface area contributed by atoms with E-state index in [0.717, 1.165) is 31.6 Å². The second-order valence-corrected chi connectivity index (χ2v) is 8.32. The first-order chi connectivity index (χ1) is 15.9. The summed E-state index contributed by atoms with van der Waals surface area (Å²) in [4.78, 5) is 30.0. The minimum absolute atomic E-state index is 0.0822. The van der Waals surface area contributed by atoms with Crippen LogP contribution in [0, 0.1) is 0 Å². The Morgan fingerprint density at radius 3 is 2.42 bits per heavy atom. The summed E-state index contributed by atoms with van der Waals surface area (Å²) < 4.78 is 5.53. The van der Waals surface area contributed by atoms with E-state index in [2.05, 4.69) is 18.7 Å². The molecule has 7 heteroatoms. The average Bonchev–Trinajstić information content (AvgIpc) is 3.07. The first-order valence-electron chi connectivity index (χ1n) is 11.4. The molecule has 1 aliphatic rings. The molecule has 6 nitrogen and oxygen atoms in total. The molecule has 0 aromatic heterocycles. The van der Waals surface area contributed by atoms with Gasteiger partial charge in [0.05, 0.1) is 18.2 Å². The summed E-state index contributed by atoms with van der Waals surface area (Å²) in [6.45, 7) is 9.62. The lowest BCUT2D eigenvalue weighted by molar-refractivity contribution is -0.140. The molecule has 2 aromatic carbocycles. The largest absolute Gasteiger partial charge is 0.507 e. The monoisotopic (exact) mass is 470 g/mol. The van der Waals surface area contributed by atoms with E-state index < -0.39 is 17.7 Å². The number of nitrogens with zero attached hydrogens (tertiary/aromatic N) is 2. The van der Waals surface area contributed by atoms with Crippen LogP contribution in [0.25, 0.3) is 5.76 Å². The molecule has 2 aromatic rings. The van der Waals surface area contributed by atoms with E-state index in [1.54, 1.807) is 53.4 Å². The van der Waals surface area contributed by atoms with Crippen molar-refractivity contribution >= 4 is 29.1 Å². The normalized spacial score (nSPS) is 17.7. The van der Waals surface area contributed by atoms with E-state index >= 15 is 0 Å². The second kappa shape index (κ2) is 11.3. The Balaban J connectivity index is 2.02. The van der Waals surface area contributed by atoms with Crippen LogP contribution in [0.1, 0.15) is 44.4 Å². The predicted molar refractivity (Wildman–Crippen MR) is 130 cm³/mol. The Labute approximate surface area is 200 Å². The van der Waals surface area contributed by atoms with Crippen LogP contribution in [-0.2, 0) is 9.59 Å². The third-order valence-corrected chi connectivity index (χ3v) is 6.16. The SMILES string of the molecule is CCOc1cccc(C(O)=C2C(=O)C(=O)N(CCCN(CC)CC)C2c2ccc(Cl)cc2)c1. The van der Waals surface area contributed by atoms with Gasteiger partial charge in [0.25, 0.3) is 11.7 Å². The van der Waals surface area contributed by atoms with Crippen LogP contribution in [0.4, 0.5) is 0 Å². The van der Waals surface area contributed by atoms with Gasteiger partial charge < -0.3 is 19.6 Å². The fourth-order valence-corrected chi connectivity index (χ4v) is 4.29. The van der Waals surface area contributed by atoms with Crippen LogP contribution in [-0.4, -0.2) is 59.4 Å². The molecular formula is C26H31ClN2O4. The van der Waals surface area contributed by atoms with E-state index in [9.17, 15) is 14.7 Å². The number of aliphatic hydroxyl groups is 1. The summed E-state index contributed by atoms with van der Waals surface area (Å²) in [5.41, 5.74) is 1.24. The summed E-state index contributed by atoms with van der Waals surface area (Å²) in [6, 6.07) is 13.2. The van der Waals surface area contributed by atoms with E-state index in [4.69, 9.17) is 16.3 Å². The molecule has 1 N–H and O–H groups in total. The van der Waals surface area contributed by atoms with E-state index in [0.29, 0.717) is 29.5 Å². The molecule has 3 rings (SSSR count). The van der Waals surface area contributed by atoms with Crippen molar-refractivity contribution < 1.29 is 19.4 Å². The van der Waals surface area contributed by atoms with Crippen molar-refractivity contribution in [2.75, 3.05) is 32.8 Å². The number of hydrogen-bond donors (Lipinski definition) is 1. The number of aliphatic hydroxyl groups excluding tert-OH is 1. The standard InChI is InChI=1S/C26H31ClN2O4/c1-4-28(5-2)15-8-16-29-23(18-11-13-20(27)14-12-18)22(25(31)26(29)32)24(30)19-9-7-10-21(17-19)33-6-3/h7,9-14,17,23,30H,4-6,8,15-16H2,1-3H3. The minimum atomic E-state index is -0.685. The number of rotatable bonds is 10. The molecule has 0 saturated carbocycles. The van der Waals surface area contributed by atoms with Crippen molar-refractivity contribution in [1.29, 1.82) is 0 Å². The Morgan fingerprint density at radius 1 is 1.09 bits per heavy atom. The van der Waals surface area contributed by atoms with Crippen molar-refractivity contribution in [3.63, 3.8) is 0 Å². The third-order valence-electron chi connectivity index (χ3n) is 5.91. The Morgan fingerprint density at radius 2 is 1.79 bits per heavy atom. The molecule has 1 fully saturated rings. The highest BCUT2D eigenvalue weighted by molar-refractivity contribution is 6.46. The van der Waals surface area contributed by atoms with Gasteiger partial charge in [0, 0.05) is 17.1 Å². The fourth-order valence-electron chi connectivity index (χ4n) is 4.16. The van der Waals surface area contributed by atoms with Crippen LogP contribution < -0.4 is 4.74 Å². The maximum Gasteiger partial charge on any atom is 0.295 e. The smallest absolute Gasteiger partial charge is 0.295 e. The van der Waals surface area contributed by atoms with E-state index in [1.165, 1.54) is 0 Å². The van der Waals surface area contributed by atoms with Crippen LogP contribution in [0.2, 0.25) is 5.02 Å². The van der Waals surface area contributed by atoms with Crippen LogP contribution in [0.5, 0.6) is 5.75 Å². The Bertz CT molecular complexity index is 1020. The topological polar surface area (TPSA) is 70.1 Å². The van der Waals surface area contributed by atoms with Gasteiger partial charge >= 0.3 is 0 Å². The van der Waals surface area contributed by atoms with Crippen LogP contribution in [0.15, 0.2) is 54.1 Å². The number of halogens is 1. The first-order valence-corrected chi connectivity index (χ1v) is 11.8. The van der Waals surface area contributed by atoms with Gasteiger partial charge in [-0.1, -0.05) is 49.7 Å². The number of Topliss-reactive ketones (excluding diaryl/α,β-unsaturated/α-hetero) is 1. The number of ketones is 1. The van der Waals surface area contributed by atoms with Crippen LogP contribution >= 0.6 is 11.6 Å². The maximum atomic E-state index is 13.1. The van der Waals surface area contributed by atoms with Gasteiger partial charge in [0.2, 0.25) is 0 Å². The summed E-state index contributed by atoms with van der Waals surface area (Å²) in [5.74, 6) is -0.909. The molecule has 176 valence electrons. The fraction of sp³-hybridized carbons (Fsp3) is 0.385. The van der Waals surface area contributed by atoms with Gasteiger partial charge in [0.15, 0.2) is 0 Å². The van der Waals surface area contributed by atoms with Crippen molar-refractivity contribution in [2.24, 2.45) is 0 Å². The molecule has 1 aliphatic heterocycles. The number of likely N-dealkylation sites (tertiary alicyclic amines) is 1. The zero-order chi connectivity index (χ0) is 24.0. The zero-order valence-electron chi connectivity index (χ0n) is 19.4. The number of carbonyl (C=O) groups is 2. The number of hydrogen-bond acceptors (Lipinski definition) is 5. The number of ether oxygens (including phenoxy) is 1.